The molecular formula is C16H20FN5S. The summed E-state index contributed by atoms with van der Waals surface area (Å²) in [5.41, 5.74) is 1.16. The van der Waals surface area contributed by atoms with Gasteiger partial charge in [-0.2, -0.15) is 5.26 Å². The molecular weight excluding hydrogens is 313 g/mol. The first kappa shape index (κ1) is 16.1. The van der Waals surface area contributed by atoms with Gasteiger partial charge in [-0.15, -0.1) is 0 Å². The number of anilines is 1. The lowest BCUT2D eigenvalue weighted by Gasteiger charge is -2.38. The maximum atomic E-state index is 14.5. The Balaban J connectivity index is 1.76. The number of hydrogen-bond donors (Lipinski definition) is 1. The van der Waals surface area contributed by atoms with Crippen LogP contribution in [0.3, 0.4) is 0 Å². The summed E-state index contributed by atoms with van der Waals surface area (Å²) in [6, 6.07) is 5.59. The Kier molecular flexibility index (Phi) is 5.03. The van der Waals surface area contributed by atoms with E-state index in [0.717, 1.165) is 19.6 Å². The molecule has 2 saturated heterocycles. The number of piperazine rings is 1. The highest BCUT2D eigenvalue weighted by Gasteiger charge is 2.31. The number of hydrogen-bond acceptors (Lipinski definition) is 5. The Hall–Kier alpha value is -1.78. The third-order valence-corrected chi connectivity index (χ3v) is 5.03. The molecule has 3 rings (SSSR count). The molecule has 0 spiro atoms. The third kappa shape index (κ3) is 3.59. The third-order valence-electron chi connectivity index (χ3n) is 4.45. The fraction of sp³-hybridized carbons (Fsp3) is 0.500. The zero-order chi connectivity index (χ0) is 16.2. The van der Waals surface area contributed by atoms with E-state index in [0.29, 0.717) is 22.6 Å². The van der Waals surface area contributed by atoms with Gasteiger partial charge in [0.15, 0.2) is 11.4 Å². The summed E-state index contributed by atoms with van der Waals surface area (Å²) >= 11 is 1.32. The van der Waals surface area contributed by atoms with Gasteiger partial charge in [-0.1, -0.05) is 11.8 Å². The number of fused-ring (bicyclic) bond motifs is 1. The molecule has 2 aliphatic heterocycles. The van der Waals surface area contributed by atoms with Crippen LogP contribution in [0.15, 0.2) is 23.2 Å². The standard InChI is InChI=1S/C16H20FN5S/c1-23-16(19-11-18)20-12-4-5-15(14(17)9-12)22-8-7-21-6-2-3-13(21)10-22/h4-5,9,13H,2-3,6-8,10H2,1H3,(H,19,20). The van der Waals surface area contributed by atoms with Crippen LogP contribution in [0.1, 0.15) is 12.8 Å². The molecule has 1 aromatic rings. The number of nitrogens with zero attached hydrogens (tertiary/aromatic N) is 4. The molecule has 2 aliphatic rings. The zero-order valence-electron chi connectivity index (χ0n) is 13.1. The van der Waals surface area contributed by atoms with Crippen LogP contribution in [0.5, 0.6) is 0 Å². The Morgan fingerprint density at radius 2 is 2.30 bits per heavy atom. The van der Waals surface area contributed by atoms with Gasteiger partial charge in [0, 0.05) is 31.7 Å². The van der Waals surface area contributed by atoms with Crippen molar-refractivity contribution in [1.82, 2.24) is 10.2 Å². The van der Waals surface area contributed by atoms with Gasteiger partial charge in [0.1, 0.15) is 5.82 Å². The summed E-state index contributed by atoms with van der Waals surface area (Å²) < 4.78 is 14.5. The highest BCUT2D eigenvalue weighted by atomic mass is 32.2. The zero-order valence-corrected chi connectivity index (χ0v) is 13.9. The number of benzene rings is 1. The van der Waals surface area contributed by atoms with Gasteiger partial charge in [0.25, 0.3) is 0 Å². The van der Waals surface area contributed by atoms with Crippen molar-refractivity contribution in [1.29, 1.82) is 5.26 Å². The second kappa shape index (κ2) is 7.20. The van der Waals surface area contributed by atoms with Gasteiger partial charge in [0.2, 0.25) is 0 Å². The van der Waals surface area contributed by atoms with Gasteiger partial charge in [-0.05, 0) is 37.8 Å². The number of aliphatic imine (C=N–C) groups is 1. The molecule has 0 radical (unpaired) electrons. The summed E-state index contributed by atoms with van der Waals surface area (Å²) in [5, 5.41) is 11.6. The van der Waals surface area contributed by atoms with Crippen molar-refractivity contribution in [2.45, 2.75) is 18.9 Å². The van der Waals surface area contributed by atoms with Gasteiger partial charge in [-0.25, -0.2) is 9.38 Å². The molecule has 7 heteroatoms. The van der Waals surface area contributed by atoms with E-state index in [-0.39, 0.29) is 5.82 Å². The average Bonchev–Trinajstić information content (AvgIpc) is 3.02. The maximum absolute atomic E-state index is 14.5. The Labute approximate surface area is 140 Å². The van der Waals surface area contributed by atoms with Gasteiger partial charge in [0.05, 0.1) is 11.4 Å². The lowest BCUT2D eigenvalue weighted by molar-refractivity contribution is 0.230. The normalized spacial score (nSPS) is 21.9. The largest absolute Gasteiger partial charge is 0.366 e. The monoisotopic (exact) mass is 333 g/mol. The molecule has 5 nitrogen and oxygen atoms in total. The summed E-state index contributed by atoms with van der Waals surface area (Å²) in [5.74, 6) is -0.255. The maximum Gasteiger partial charge on any atom is 0.183 e. The molecule has 23 heavy (non-hydrogen) atoms. The van der Waals surface area contributed by atoms with Gasteiger partial charge < -0.3 is 4.90 Å². The molecule has 0 aliphatic carbocycles. The molecule has 2 fully saturated rings. The van der Waals surface area contributed by atoms with Crippen molar-refractivity contribution in [2.24, 2.45) is 4.99 Å². The van der Waals surface area contributed by atoms with E-state index in [4.69, 9.17) is 5.26 Å². The lowest BCUT2D eigenvalue weighted by Crippen LogP contribution is -2.50. The molecule has 2 heterocycles. The Morgan fingerprint density at radius 3 is 3.04 bits per heavy atom. The molecule has 122 valence electrons. The first-order chi connectivity index (χ1) is 11.2. The van der Waals surface area contributed by atoms with Crippen molar-refractivity contribution >= 4 is 28.3 Å². The summed E-state index contributed by atoms with van der Waals surface area (Å²) in [6.45, 7) is 3.94. The number of nitriles is 1. The van der Waals surface area contributed by atoms with E-state index >= 15 is 0 Å². The quantitative estimate of drug-likeness (QED) is 0.390. The van der Waals surface area contributed by atoms with Crippen molar-refractivity contribution in [3.63, 3.8) is 0 Å². The van der Waals surface area contributed by atoms with E-state index in [1.54, 1.807) is 12.1 Å². The number of amidine groups is 1. The van der Waals surface area contributed by atoms with Crippen LogP contribution in [-0.4, -0.2) is 48.5 Å². The number of nitrogens with one attached hydrogen (secondary N) is 1. The molecule has 1 aromatic carbocycles. The predicted octanol–water partition coefficient (Wildman–Crippen LogP) is 2.53. The van der Waals surface area contributed by atoms with Crippen LogP contribution in [0.4, 0.5) is 15.8 Å². The Morgan fingerprint density at radius 1 is 1.43 bits per heavy atom. The summed E-state index contributed by atoms with van der Waals surface area (Å²) in [6.07, 6.45) is 6.10. The fourth-order valence-corrected chi connectivity index (χ4v) is 3.67. The van der Waals surface area contributed by atoms with Crippen LogP contribution in [0, 0.1) is 17.3 Å². The smallest absolute Gasteiger partial charge is 0.183 e. The van der Waals surface area contributed by atoms with E-state index in [2.05, 4.69) is 20.1 Å². The van der Waals surface area contributed by atoms with E-state index in [1.165, 1.54) is 37.2 Å². The van der Waals surface area contributed by atoms with Crippen molar-refractivity contribution in [3.8, 4) is 6.19 Å². The van der Waals surface area contributed by atoms with Crippen molar-refractivity contribution in [2.75, 3.05) is 37.3 Å². The Bertz CT molecular complexity index is 642. The second-order valence-corrected chi connectivity index (χ2v) is 6.57. The predicted molar refractivity (Wildman–Crippen MR) is 92.6 cm³/mol. The molecule has 0 bridgehead atoms. The first-order valence-corrected chi connectivity index (χ1v) is 9.00. The highest BCUT2D eigenvalue weighted by Crippen LogP contribution is 2.29. The van der Waals surface area contributed by atoms with E-state index in [9.17, 15) is 4.39 Å². The topological polar surface area (TPSA) is 54.7 Å². The van der Waals surface area contributed by atoms with Gasteiger partial charge in [-0.3, -0.25) is 10.2 Å². The molecule has 1 N–H and O–H groups in total. The molecule has 0 amide bonds. The van der Waals surface area contributed by atoms with Crippen LogP contribution in [0.25, 0.3) is 0 Å². The molecule has 1 unspecified atom stereocenters. The lowest BCUT2D eigenvalue weighted by atomic mass is 10.1. The number of thioether (sulfide) groups is 1. The van der Waals surface area contributed by atoms with Crippen LogP contribution < -0.4 is 10.2 Å². The van der Waals surface area contributed by atoms with Crippen molar-refractivity contribution < 1.29 is 4.39 Å². The number of halogens is 1. The molecule has 0 aromatic heterocycles. The summed E-state index contributed by atoms with van der Waals surface area (Å²) in [7, 11) is 0. The average molecular weight is 333 g/mol. The highest BCUT2D eigenvalue weighted by molar-refractivity contribution is 8.13. The van der Waals surface area contributed by atoms with E-state index in [1.807, 2.05) is 12.4 Å². The number of rotatable bonds is 2. The minimum Gasteiger partial charge on any atom is -0.366 e. The molecule has 0 saturated carbocycles. The van der Waals surface area contributed by atoms with E-state index < -0.39 is 0 Å². The molecule has 1 atom stereocenters. The second-order valence-electron chi connectivity index (χ2n) is 5.77. The minimum absolute atomic E-state index is 0.255. The van der Waals surface area contributed by atoms with Crippen molar-refractivity contribution in [3.05, 3.63) is 24.0 Å². The summed E-state index contributed by atoms with van der Waals surface area (Å²) in [4.78, 5) is 8.89. The fourth-order valence-electron chi connectivity index (χ4n) is 3.32. The van der Waals surface area contributed by atoms with Gasteiger partial charge >= 0.3 is 0 Å². The first-order valence-electron chi connectivity index (χ1n) is 7.77. The SMILES string of the molecule is CSC(=Nc1ccc(N2CCN3CCCC3C2)c(F)c1)NC#N. The van der Waals surface area contributed by atoms with Crippen LogP contribution in [0.2, 0.25) is 0 Å². The van der Waals surface area contributed by atoms with Crippen LogP contribution in [-0.2, 0) is 0 Å². The van der Waals surface area contributed by atoms with Crippen LogP contribution >= 0.6 is 11.8 Å². The minimum atomic E-state index is -0.255.